The number of rotatable bonds is 6. The number of aromatic nitrogens is 1. The summed E-state index contributed by atoms with van der Waals surface area (Å²) in [5, 5.41) is 3.37. The topological polar surface area (TPSA) is 58.4 Å². The van der Waals surface area contributed by atoms with Crippen molar-refractivity contribution in [1.29, 1.82) is 0 Å². The number of amides is 1. The Morgan fingerprint density at radius 1 is 1.35 bits per heavy atom. The maximum atomic E-state index is 12.3. The van der Waals surface area contributed by atoms with E-state index in [9.17, 15) is 4.79 Å². The van der Waals surface area contributed by atoms with E-state index in [2.05, 4.69) is 15.2 Å². The van der Waals surface area contributed by atoms with Crippen molar-refractivity contribution in [3.05, 3.63) is 47.5 Å². The molecule has 0 bridgehead atoms. The lowest BCUT2D eigenvalue weighted by Crippen LogP contribution is -2.39. The lowest BCUT2D eigenvalue weighted by molar-refractivity contribution is -0.118. The summed E-state index contributed by atoms with van der Waals surface area (Å²) in [5.41, 5.74) is 0. The van der Waals surface area contributed by atoms with Crippen LogP contribution in [-0.4, -0.2) is 28.4 Å². The van der Waals surface area contributed by atoms with Crippen molar-refractivity contribution in [2.45, 2.75) is 38.3 Å². The lowest BCUT2D eigenvalue weighted by atomic mass is 10.2. The van der Waals surface area contributed by atoms with Crippen LogP contribution in [0.3, 0.4) is 0 Å². The zero-order chi connectivity index (χ0) is 16.1. The Hall–Kier alpha value is -1.85. The zero-order valence-corrected chi connectivity index (χ0v) is 13.6. The first-order chi connectivity index (χ1) is 11.2. The molecule has 122 valence electrons. The summed E-state index contributed by atoms with van der Waals surface area (Å²) in [4.78, 5) is 18.6. The quantitative estimate of drug-likeness (QED) is 0.875. The van der Waals surface area contributed by atoms with Crippen molar-refractivity contribution in [2.75, 3.05) is 11.9 Å². The summed E-state index contributed by atoms with van der Waals surface area (Å²) in [6.45, 7) is 0.981. The highest BCUT2D eigenvalue weighted by atomic mass is 35.5. The van der Waals surface area contributed by atoms with Gasteiger partial charge in [-0.3, -0.25) is 9.69 Å². The molecule has 1 amide bonds. The molecule has 1 saturated carbocycles. The highest BCUT2D eigenvalue weighted by Crippen LogP contribution is 2.25. The van der Waals surface area contributed by atoms with Gasteiger partial charge in [-0.05, 0) is 37.1 Å². The number of nitrogens with one attached hydrogen (secondary N) is 1. The third kappa shape index (κ3) is 4.56. The third-order valence-electron chi connectivity index (χ3n) is 4.12. The van der Waals surface area contributed by atoms with Gasteiger partial charge in [-0.25, -0.2) is 4.98 Å². The Labute approximate surface area is 140 Å². The summed E-state index contributed by atoms with van der Waals surface area (Å²) in [6, 6.07) is 7.67. The first kappa shape index (κ1) is 16.0. The third-order valence-corrected chi connectivity index (χ3v) is 4.35. The number of carbonyl (C=O) groups is 1. The Bertz CT molecular complexity index is 622. The van der Waals surface area contributed by atoms with Crippen LogP contribution < -0.4 is 5.32 Å². The minimum atomic E-state index is -0.0710. The molecule has 1 aliphatic rings. The second kappa shape index (κ2) is 7.62. The van der Waals surface area contributed by atoms with Gasteiger partial charge in [-0.1, -0.05) is 24.4 Å². The monoisotopic (exact) mass is 333 g/mol. The minimum absolute atomic E-state index is 0.0710. The van der Waals surface area contributed by atoms with E-state index in [0.717, 1.165) is 18.6 Å². The number of furan rings is 1. The van der Waals surface area contributed by atoms with Crippen LogP contribution in [0.4, 0.5) is 5.82 Å². The van der Waals surface area contributed by atoms with Crippen LogP contribution in [0.5, 0.6) is 0 Å². The van der Waals surface area contributed by atoms with E-state index in [1.807, 2.05) is 12.1 Å². The molecule has 0 atom stereocenters. The van der Waals surface area contributed by atoms with Crippen LogP contribution in [0.15, 0.2) is 41.1 Å². The van der Waals surface area contributed by atoms with Gasteiger partial charge in [0.15, 0.2) is 0 Å². The van der Waals surface area contributed by atoms with E-state index in [4.69, 9.17) is 16.0 Å². The first-order valence-electron chi connectivity index (χ1n) is 7.88. The highest BCUT2D eigenvalue weighted by Gasteiger charge is 2.25. The molecule has 2 heterocycles. The molecule has 1 N–H and O–H groups in total. The van der Waals surface area contributed by atoms with Crippen LogP contribution in [0.1, 0.15) is 31.4 Å². The molecule has 23 heavy (non-hydrogen) atoms. The fraction of sp³-hybridized carbons (Fsp3) is 0.412. The van der Waals surface area contributed by atoms with Gasteiger partial charge in [0.2, 0.25) is 5.91 Å². The molecule has 5 nitrogen and oxygen atoms in total. The number of halogens is 1. The molecule has 0 radical (unpaired) electrons. The summed E-state index contributed by atoms with van der Waals surface area (Å²) in [5.74, 6) is 1.33. The van der Waals surface area contributed by atoms with E-state index < -0.39 is 0 Å². The Balaban J connectivity index is 1.62. The molecule has 0 aromatic carbocycles. The van der Waals surface area contributed by atoms with Crippen LogP contribution in [0.25, 0.3) is 0 Å². The van der Waals surface area contributed by atoms with Gasteiger partial charge in [0.1, 0.15) is 11.6 Å². The van der Waals surface area contributed by atoms with Crippen LogP contribution in [0.2, 0.25) is 5.02 Å². The molecule has 0 aliphatic heterocycles. The predicted molar refractivity (Wildman–Crippen MR) is 89.3 cm³/mol. The van der Waals surface area contributed by atoms with Gasteiger partial charge in [0.05, 0.1) is 24.4 Å². The lowest BCUT2D eigenvalue weighted by Gasteiger charge is -2.27. The zero-order valence-electron chi connectivity index (χ0n) is 12.9. The average Bonchev–Trinajstić information content (AvgIpc) is 3.22. The molecule has 0 spiro atoms. The van der Waals surface area contributed by atoms with Crippen LogP contribution in [0, 0.1) is 0 Å². The van der Waals surface area contributed by atoms with Crippen molar-refractivity contribution < 1.29 is 9.21 Å². The van der Waals surface area contributed by atoms with E-state index in [0.29, 0.717) is 30.0 Å². The Morgan fingerprint density at radius 2 is 2.17 bits per heavy atom. The van der Waals surface area contributed by atoms with Gasteiger partial charge in [0.25, 0.3) is 0 Å². The second-order valence-electron chi connectivity index (χ2n) is 5.83. The van der Waals surface area contributed by atoms with E-state index in [1.165, 1.54) is 19.0 Å². The maximum Gasteiger partial charge on any atom is 0.239 e. The summed E-state index contributed by atoms with van der Waals surface area (Å²) >= 11 is 5.80. The molecule has 2 aromatic rings. The Morgan fingerprint density at radius 3 is 2.83 bits per heavy atom. The second-order valence-corrected chi connectivity index (χ2v) is 6.27. The fourth-order valence-electron chi connectivity index (χ4n) is 3.00. The van der Waals surface area contributed by atoms with Crippen LogP contribution >= 0.6 is 11.6 Å². The van der Waals surface area contributed by atoms with E-state index in [1.54, 1.807) is 18.4 Å². The van der Waals surface area contributed by atoms with E-state index >= 15 is 0 Å². The number of hydrogen-bond donors (Lipinski definition) is 1. The van der Waals surface area contributed by atoms with Crippen LogP contribution in [-0.2, 0) is 11.3 Å². The number of anilines is 1. The van der Waals surface area contributed by atoms with Gasteiger partial charge >= 0.3 is 0 Å². The van der Waals surface area contributed by atoms with Gasteiger partial charge in [-0.15, -0.1) is 0 Å². The molecule has 3 rings (SSSR count). The number of carbonyl (C=O) groups excluding carboxylic acids is 1. The largest absolute Gasteiger partial charge is 0.468 e. The molecule has 1 aliphatic carbocycles. The molecule has 0 saturated heterocycles. The molecule has 6 heteroatoms. The normalized spacial score (nSPS) is 15.2. The van der Waals surface area contributed by atoms with Crippen molar-refractivity contribution in [2.24, 2.45) is 0 Å². The standard InChI is InChI=1S/C17H20ClN3O2/c18-13-7-8-16(19-10-13)20-17(22)12-21(14-4-1-2-5-14)11-15-6-3-9-23-15/h3,6-10,14H,1-2,4-5,11-12H2,(H,19,20,22). The first-order valence-corrected chi connectivity index (χ1v) is 8.26. The van der Waals surface area contributed by atoms with E-state index in [-0.39, 0.29) is 5.91 Å². The summed E-state index contributed by atoms with van der Waals surface area (Å²) in [6.07, 6.45) is 7.90. The Kier molecular flexibility index (Phi) is 5.31. The van der Waals surface area contributed by atoms with Gasteiger partial charge < -0.3 is 9.73 Å². The molecule has 0 unspecified atom stereocenters. The molecular formula is C17H20ClN3O2. The molecule has 2 aromatic heterocycles. The smallest absolute Gasteiger partial charge is 0.239 e. The number of hydrogen-bond acceptors (Lipinski definition) is 4. The highest BCUT2D eigenvalue weighted by molar-refractivity contribution is 6.30. The molecular weight excluding hydrogens is 314 g/mol. The predicted octanol–water partition coefficient (Wildman–Crippen LogP) is 3.71. The fourth-order valence-corrected chi connectivity index (χ4v) is 3.11. The van der Waals surface area contributed by atoms with Crippen molar-refractivity contribution >= 4 is 23.3 Å². The minimum Gasteiger partial charge on any atom is -0.468 e. The maximum absolute atomic E-state index is 12.3. The molecule has 1 fully saturated rings. The van der Waals surface area contributed by atoms with Gasteiger partial charge in [0, 0.05) is 12.2 Å². The number of nitrogens with zero attached hydrogens (tertiary/aromatic N) is 2. The summed E-state index contributed by atoms with van der Waals surface area (Å²) in [7, 11) is 0. The summed E-state index contributed by atoms with van der Waals surface area (Å²) < 4.78 is 5.44. The van der Waals surface area contributed by atoms with Crippen molar-refractivity contribution in [3.8, 4) is 0 Å². The SMILES string of the molecule is O=C(CN(Cc1ccco1)C1CCCC1)Nc1ccc(Cl)cn1. The van der Waals surface area contributed by atoms with Crippen molar-refractivity contribution in [1.82, 2.24) is 9.88 Å². The number of pyridine rings is 1. The average molecular weight is 334 g/mol. The van der Waals surface area contributed by atoms with Crippen molar-refractivity contribution in [3.63, 3.8) is 0 Å². The van der Waals surface area contributed by atoms with Gasteiger partial charge in [-0.2, -0.15) is 0 Å².